The number of aliphatic carboxylic acids is 1. The number of carboxylic acids is 1. The number of hydrogen-bond donors (Lipinski definition) is 2. The number of rotatable bonds is 5. The summed E-state index contributed by atoms with van der Waals surface area (Å²) in [5.41, 5.74) is 0. The molecule has 0 aromatic heterocycles. The predicted octanol–water partition coefficient (Wildman–Crippen LogP) is -0.225. The van der Waals surface area contributed by atoms with Crippen LogP contribution >= 0.6 is 0 Å². The van der Waals surface area contributed by atoms with Gasteiger partial charge < -0.3 is 14.9 Å². The zero-order valence-corrected chi connectivity index (χ0v) is 6.82. The maximum atomic E-state index is 10.7. The fourth-order valence-electron chi connectivity index (χ4n) is 0.662. The molecule has 5 heteroatoms. The first-order valence-corrected chi connectivity index (χ1v) is 3.58. The molecule has 0 aliphatic heterocycles. The molecule has 0 radical (unpaired) electrons. The number of carboxylic acid groups (broad SMARTS) is 1. The van der Waals surface area contributed by atoms with Crippen molar-refractivity contribution < 1.29 is 24.5 Å². The van der Waals surface area contributed by atoms with E-state index in [1.54, 1.807) is 0 Å². The summed E-state index contributed by atoms with van der Waals surface area (Å²) in [6.45, 7) is 1.21. The third-order valence-corrected chi connectivity index (χ3v) is 1.11. The Morgan fingerprint density at radius 3 is 2.50 bits per heavy atom. The summed E-state index contributed by atoms with van der Waals surface area (Å²) < 4.78 is 4.62. The molecule has 2 N–H and O–H groups in total. The lowest BCUT2D eigenvalue weighted by atomic mass is 10.3. The lowest BCUT2D eigenvalue weighted by Gasteiger charge is -2.09. The van der Waals surface area contributed by atoms with Crippen LogP contribution in [0, 0.1) is 0 Å². The summed E-state index contributed by atoms with van der Waals surface area (Å²) in [5.74, 6) is -1.59. The van der Waals surface area contributed by atoms with Crippen molar-refractivity contribution in [2.24, 2.45) is 0 Å². The quantitative estimate of drug-likeness (QED) is 0.565. The Morgan fingerprint density at radius 1 is 1.50 bits per heavy atom. The number of aliphatic hydroxyl groups excluding tert-OH is 1. The molecule has 0 aliphatic rings. The summed E-state index contributed by atoms with van der Waals surface area (Å²) in [6, 6.07) is 0. The topological polar surface area (TPSA) is 83.8 Å². The monoisotopic (exact) mass is 176 g/mol. The highest BCUT2D eigenvalue weighted by Crippen LogP contribution is 1.99. The van der Waals surface area contributed by atoms with Gasteiger partial charge in [0.2, 0.25) is 0 Å². The molecule has 1 atom stereocenters. The fraction of sp³-hybridized carbons (Fsp3) is 0.714. The van der Waals surface area contributed by atoms with Crippen molar-refractivity contribution in [2.75, 3.05) is 6.61 Å². The van der Waals surface area contributed by atoms with Crippen LogP contribution in [0.1, 0.15) is 19.8 Å². The van der Waals surface area contributed by atoms with Crippen LogP contribution in [0.25, 0.3) is 0 Å². The maximum absolute atomic E-state index is 10.7. The molecular weight excluding hydrogens is 164 g/mol. The second-order valence-corrected chi connectivity index (χ2v) is 2.37. The maximum Gasteiger partial charge on any atom is 0.308 e. The predicted molar refractivity (Wildman–Crippen MR) is 39.5 cm³/mol. The summed E-state index contributed by atoms with van der Waals surface area (Å²) in [5, 5.41) is 16.6. The molecule has 0 bridgehead atoms. The first kappa shape index (κ1) is 10.9. The van der Waals surface area contributed by atoms with Gasteiger partial charge in [-0.15, -0.1) is 0 Å². The third-order valence-electron chi connectivity index (χ3n) is 1.11. The van der Waals surface area contributed by atoms with Gasteiger partial charge in [-0.3, -0.25) is 9.59 Å². The van der Waals surface area contributed by atoms with Crippen LogP contribution in [0.5, 0.6) is 0 Å². The summed E-state index contributed by atoms with van der Waals surface area (Å²) in [6.07, 6.45) is -0.942. The lowest BCUT2D eigenvalue weighted by molar-refractivity contribution is -0.152. The Bertz CT molecular complexity index is 165. The normalized spacial score (nSPS) is 12.2. The number of carbonyl (C=O) groups excluding carboxylic acids is 1. The minimum absolute atomic E-state index is 0.0933. The SMILES string of the molecule is CC(CC(=O)O)OC(=O)CCO. The fourth-order valence-corrected chi connectivity index (χ4v) is 0.662. The molecule has 0 aromatic rings. The van der Waals surface area contributed by atoms with E-state index < -0.39 is 18.0 Å². The molecule has 12 heavy (non-hydrogen) atoms. The van der Waals surface area contributed by atoms with Crippen molar-refractivity contribution in [1.82, 2.24) is 0 Å². The van der Waals surface area contributed by atoms with Crippen LogP contribution in [0.2, 0.25) is 0 Å². The van der Waals surface area contributed by atoms with E-state index in [0.29, 0.717) is 0 Å². The summed E-state index contributed by atoms with van der Waals surface area (Å²) >= 11 is 0. The highest BCUT2D eigenvalue weighted by Gasteiger charge is 2.11. The van der Waals surface area contributed by atoms with Crippen molar-refractivity contribution in [2.45, 2.75) is 25.9 Å². The van der Waals surface area contributed by atoms with Gasteiger partial charge in [-0.05, 0) is 6.92 Å². The van der Waals surface area contributed by atoms with Crippen LogP contribution in [-0.4, -0.2) is 34.9 Å². The Morgan fingerprint density at radius 2 is 2.08 bits per heavy atom. The average Bonchev–Trinajstić information content (AvgIpc) is 1.84. The van der Waals surface area contributed by atoms with Gasteiger partial charge in [0, 0.05) is 0 Å². The Kier molecular flexibility index (Phi) is 5.03. The smallest absolute Gasteiger partial charge is 0.308 e. The van der Waals surface area contributed by atoms with Crippen LogP contribution in [-0.2, 0) is 14.3 Å². The molecule has 0 aromatic carbocycles. The minimum atomic E-state index is -1.01. The highest BCUT2D eigenvalue weighted by molar-refractivity contribution is 5.71. The van der Waals surface area contributed by atoms with Crippen LogP contribution in [0.4, 0.5) is 0 Å². The van der Waals surface area contributed by atoms with E-state index in [0.717, 1.165) is 0 Å². The average molecular weight is 176 g/mol. The van der Waals surface area contributed by atoms with E-state index in [-0.39, 0.29) is 19.4 Å². The van der Waals surface area contributed by atoms with Crippen molar-refractivity contribution in [3.8, 4) is 0 Å². The first-order chi connectivity index (χ1) is 5.56. The van der Waals surface area contributed by atoms with E-state index in [1.165, 1.54) is 6.92 Å². The second-order valence-electron chi connectivity index (χ2n) is 2.37. The number of hydrogen-bond acceptors (Lipinski definition) is 4. The number of carbonyl (C=O) groups is 2. The molecule has 70 valence electrons. The molecule has 0 fully saturated rings. The first-order valence-electron chi connectivity index (χ1n) is 3.58. The molecule has 0 spiro atoms. The van der Waals surface area contributed by atoms with Crippen molar-refractivity contribution in [3.63, 3.8) is 0 Å². The van der Waals surface area contributed by atoms with Crippen molar-refractivity contribution in [1.29, 1.82) is 0 Å². The number of esters is 1. The Labute approximate surface area is 70.0 Å². The van der Waals surface area contributed by atoms with Crippen LogP contribution in [0.15, 0.2) is 0 Å². The van der Waals surface area contributed by atoms with Gasteiger partial charge in [0.05, 0.1) is 19.4 Å². The summed E-state index contributed by atoms with van der Waals surface area (Å²) in [7, 11) is 0. The minimum Gasteiger partial charge on any atom is -0.481 e. The molecule has 0 heterocycles. The molecule has 5 nitrogen and oxygen atoms in total. The third kappa shape index (κ3) is 5.67. The number of aliphatic hydroxyl groups is 1. The number of ether oxygens (including phenoxy) is 1. The zero-order valence-electron chi connectivity index (χ0n) is 6.82. The van der Waals surface area contributed by atoms with Gasteiger partial charge in [0.15, 0.2) is 0 Å². The Hall–Kier alpha value is -1.10. The van der Waals surface area contributed by atoms with E-state index in [9.17, 15) is 9.59 Å². The van der Waals surface area contributed by atoms with E-state index in [1.807, 2.05) is 0 Å². The van der Waals surface area contributed by atoms with Gasteiger partial charge in [-0.1, -0.05) is 0 Å². The zero-order chi connectivity index (χ0) is 9.56. The molecule has 0 amide bonds. The molecular formula is C7H12O5. The van der Waals surface area contributed by atoms with E-state index in [2.05, 4.69) is 4.74 Å². The highest BCUT2D eigenvalue weighted by atomic mass is 16.5. The van der Waals surface area contributed by atoms with Gasteiger partial charge in [0.25, 0.3) is 0 Å². The van der Waals surface area contributed by atoms with Crippen LogP contribution in [0.3, 0.4) is 0 Å². The second kappa shape index (κ2) is 5.54. The van der Waals surface area contributed by atoms with E-state index >= 15 is 0 Å². The molecule has 0 aliphatic carbocycles. The van der Waals surface area contributed by atoms with Gasteiger partial charge in [-0.25, -0.2) is 0 Å². The largest absolute Gasteiger partial charge is 0.481 e. The van der Waals surface area contributed by atoms with Crippen molar-refractivity contribution >= 4 is 11.9 Å². The molecule has 0 saturated carbocycles. The standard InChI is InChI=1S/C7H12O5/c1-5(4-6(9)10)12-7(11)2-3-8/h5,8H,2-4H2,1H3,(H,9,10). The van der Waals surface area contributed by atoms with Gasteiger partial charge in [-0.2, -0.15) is 0 Å². The van der Waals surface area contributed by atoms with E-state index in [4.69, 9.17) is 10.2 Å². The molecule has 1 unspecified atom stereocenters. The van der Waals surface area contributed by atoms with Crippen LogP contribution < -0.4 is 0 Å². The van der Waals surface area contributed by atoms with Gasteiger partial charge in [0.1, 0.15) is 6.10 Å². The molecule has 0 saturated heterocycles. The molecule has 0 rings (SSSR count). The van der Waals surface area contributed by atoms with Crippen molar-refractivity contribution in [3.05, 3.63) is 0 Å². The summed E-state index contributed by atoms with van der Waals surface area (Å²) in [4.78, 5) is 20.8. The van der Waals surface area contributed by atoms with Gasteiger partial charge >= 0.3 is 11.9 Å². The lowest BCUT2D eigenvalue weighted by Crippen LogP contribution is -2.18. The Balaban J connectivity index is 3.61.